The highest BCUT2D eigenvalue weighted by atomic mass is 14.8. The molecule has 0 saturated carbocycles. The van der Waals surface area contributed by atoms with Gasteiger partial charge in [-0.1, -0.05) is 31.2 Å². The monoisotopic (exact) mass is 191 g/mol. The summed E-state index contributed by atoms with van der Waals surface area (Å²) in [5.74, 6) is 0.767. The molecule has 0 aliphatic rings. The van der Waals surface area contributed by atoms with Crippen LogP contribution in [0.2, 0.25) is 0 Å². The lowest BCUT2D eigenvalue weighted by atomic mass is 9.95. The minimum absolute atomic E-state index is 0.767. The Morgan fingerprint density at radius 3 is 2.64 bits per heavy atom. The molecule has 0 spiro atoms. The van der Waals surface area contributed by atoms with E-state index in [-0.39, 0.29) is 0 Å². The zero-order valence-corrected chi connectivity index (χ0v) is 9.51. The van der Waals surface area contributed by atoms with Crippen LogP contribution < -0.4 is 5.32 Å². The van der Waals surface area contributed by atoms with Gasteiger partial charge in [-0.15, -0.1) is 0 Å². The maximum absolute atomic E-state index is 3.20. The van der Waals surface area contributed by atoms with Gasteiger partial charge in [0.25, 0.3) is 0 Å². The topological polar surface area (TPSA) is 12.0 Å². The molecule has 0 aliphatic carbocycles. The Morgan fingerprint density at radius 1 is 1.29 bits per heavy atom. The second-order valence-electron chi connectivity index (χ2n) is 4.13. The van der Waals surface area contributed by atoms with E-state index in [9.17, 15) is 0 Å². The standard InChI is InChI=1S/C13H21N/c1-11(8-9-14-3)10-13-7-5-4-6-12(13)2/h4-7,11,14H,8-10H2,1-3H3. The van der Waals surface area contributed by atoms with Crippen molar-refractivity contribution < 1.29 is 0 Å². The summed E-state index contributed by atoms with van der Waals surface area (Å²) in [5.41, 5.74) is 2.92. The number of hydrogen-bond acceptors (Lipinski definition) is 1. The van der Waals surface area contributed by atoms with E-state index in [1.165, 1.54) is 24.0 Å². The predicted molar refractivity (Wildman–Crippen MR) is 62.6 cm³/mol. The number of nitrogens with one attached hydrogen (secondary N) is 1. The largest absolute Gasteiger partial charge is 0.320 e. The van der Waals surface area contributed by atoms with Gasteiger partial charge in [-0.3, -0.25) is 0 Å². The highest BCUT2D eigenvalue weighted by molar-refractivity contribution is 5.25. The Morgan fingerprint density at radius 2 is 2.00 bits per heavy atom. The molecule has 14 heavy (non-hydrogen) atoms. The van der Waals surface area contributed by atoms with E-state index in [0.717, 1.165) is 12.5 Å². The first-order valence-electron chi connectivity index (χ1n) is 5.43. The highest BCUT2D eigenvalue weighted by Gasteiger charge is 2.04. The third-order valence-electron chi connectivity index (χ3n) is 2.72. The van der Waals surface area contributed by atoms with Crippen molar-refractivity contribution in [2.45, 2.75) is 26.7 Å². The van der Waals surface area contributed by atoms with Crippen LogP contribution in [-0.4, -0.2) is 13.6 Å². The van der Waals surface area contributed by atoms with Crippen LogP contribution in [-0.2, 0) is 6.42 Å². The molecule has 0 aromatic heterocycles. The first-order valence-corrected chi connectivity index (χ1v) is 5.43. The normalized spacial score (nSPS) is 12.8. The Labute approximate surface area is 87.5 Å². The van der Waals surface area contributed by atoms with Gasteiger partial charge in [-0.05, 0) is 50.4 Å². The molecular formula is C13H21N. The highest BCUT2D eigenvalue weighted by Crippen LogP contribution is 2.14. The Balaban J connectivity index is 2.47. The van der Waals surface area contributed by atoms with Gasteiger partial charge in [-0.25, -0.2) is 0 Å². The van der Waals surface area contributed by atoms with Crippen LogP contribution >= 0.6 is 0 Å². The van der Waals surface area contributed by atoms with Crippen molar-refractivity contribution in [1.29, 1.82) is 0 Å². The maximum atomic E-state index is 3.20. The fourth-order valence-corrected chi connectivity index (χ4v) is 1.71. The Hall–Kier alpha value is -0.820. The van der Waals surface area contributed by atoms with Crippen LogP contribution in [0.4, 0.5) is 0 Å². The minimum atomic E-state index is 0.767. The quantitative estimate of drug-likeness (QED) is 0.754. The van der Waals surface area contributed by atoms with Crippen molar-refractivity contribution in [3.8, 4) is 0 Å². The van der Waals surface area contributed by atoms with E-state index in [4.69, 9.17) is 0 Å². The lowest BCUT2D eigenvalue weighted by Gasteiger charge is -2.12. The molecule has 0 radical (unpaired) electrons. The fourth-order valence-electron chi connectivity index (χ4n) is 1.71. The summed E-state index contributed by atoms with van der Waals surface area (Å²) in [7, 11) is 2.01. The van der Waals surface area contributed by atoms with E-state index >= 15 is 0 Å². The SMILES string of the molecule is CNCCC(C)Cc1ccccc1C. The van der Waals surface area contributed by atoms with Crippen LogP contribution in [0.1, 0.15) is 24.5 Å². The van der Waals surface area contributed by atoms with Crippen LogP contribution in [0.15, 0.2) is 24.3 Å². The molecule has 1 unspecified atom stereocenters. The summed E-state index contributed by atoms with van der Waals surface area (Å²) in [4.78, 5) is 0. The summed E-state index contributed by atoms with van der Waals surface area (Å²) < 4.78 is 0. The first kappa shape index (κ1) is 11.3. The number of rotatable bonds is 5. The van der Waals surface area contributed by atoms with Gasteiger partial charge in [0, 0.05) is 0 Å². The van der Waals surface area contributed by atoms with Gasteiger partial charge in [-0.2, -0.15) is 0 Å². The summed E-state index contributed by atoms with van der Waals surface area (Å²) >= 11 is 0. The predicted octanol–water partition coefficient (Wildman–Crippen LogP) is 2.78. The molecule has 1 aromatic rings. The zero-order valence-electron chi connectivity index (χ0n) is 9.51. The third-order valence-corrected chi connectivity index (χ3v) is 2.72. The van der Waals surface area contributed by atoms with E-state index in [0.29, 0.717) is 0 Å². The number of hydrogen-bond donors (Lipinski definition) is 1. The van der Waals surface area contributed by atoms with Gasteiger partial charge >= 0.3 is 0 Å². The number of aryl methyl sites for hydroxylation is 1. The molecular weight excluding hydrogens is 170 g/mol. The van der Waals surface area contributed by atoms with Gasteiger partial charge < -0.3 is 5.32 Å². The van der Waals surface area contributed by atoms with Crippen LogP contribution in [0, 0.1) is 12.8 Å². The maximum Gasteiger partial charge on any atom is -0.00493 e. The van der Waals surface area contributed by atoms with Crippen molar-refractivity contribution in [3.63, 3.8) is 0 Å². The van der Waals surface area contributed by atoms with Crippen molar-refractivity contribution >= 4 is 0 Å². The van der Waals surface area contributed by atoms with Crippen molar-refractivity contribution in [3.05, 3.63) is 35.4 Å². The second kappa shape index (κ2) is 5.82. The van der Waals surface area contributed by atoms with Crippen molar-refractivity contribution in [2.75, 3.05) is 13.6 Å². The summed E-state index contributed by atoms with van der Waals surface area (Å²) in [5, 5.41) is 3.20. The second-order valence-corrected chi connectivity index (χ2v) is 4.13. The molecule has 1 nitrogen and oxygen atoms in total. The molecule has 78 valence electrons. The Kier molecular flexibility index (Phi) is 4.68. The summed E-state index contributed by atoms with van der Waals surface area (Å²) in [6, 6.07) is 8.68. The Bertz CT molecular complexity index is 268. The molecule has 0 bridgehead atoms. The average Bonchev–Trinajstić information content (AvgIpc) is 2.18. The van der Waals surface area contributed by atoms with Gasteiger partial charge in [0.1, 0.15) is 0 Å². The van der Waals surface area contributed by atoms with Gasteiger partial charge in [0.05, 0.1) is 0 Å². The third kappa shape index (κ3) is 3.51. The molecule has 0 aliphatic heterocycles. The molecule has 1 aromatic carbocycles. The minimum Gasteiger partial charge on any atom is -0.320 e. The van der Waals surface area contributed by atoms with E-state index < -0.39 is 0 Å². The molecule has 0 heterocycles. The zero-order chi connectivity index (χ0) is 10.4. The molecule has 1 heteroatoms. The first-order chi connectivity index (χ1) is 6.74. The van der Waals surface area contributed by atoms with E-state index in [2.05, 4.69) is 43.4 Å². The molecule has 1 N–H and O–H groups in total. The molecule has 0 fully saturated rings. The van der Waals surface area contributed by atoms with Crippen molar-refractivity contribution in [2.24, 2.45) is 5.92 Å². The summed E-state index contributed by atoms with van der Waals surface area (Å²) in [6.45, 7) is 5.64. The van der Waals surface area contributed by atoms with E-state index in [1.807, 2.05) is 7.05 Å². The summed E-state index contributed by atoms with van der Waals surface area (Å²) in [6.07, 6.45) is 2.46. The van der Waals surface area contributed by atoms with E-state index in [1.54, 1.807) is 0 Å². The average molecular weight is 191 g/mol. The molecule has 0 saturated heterocycles. The van der Waals surface area contributed by atoms with Crippen LogP contribution in [0.25, 0.3) is 0 Å². The molecule has 1 rings (SSSR count). The van der Waals surface area contributed by atoms with Gasteiger partial charge in [0.2, 0.25) is 0 Å². The lowest BCUT2D eigenvalue weighted by Crippen LogP contribution is -2.13. The molecule has 1 atom stereocenters. The van der Waals surface area contributed by atoms with Crippen LogP contribution in [0.3, 0.4) is 0 Å². The van der Waals surface area contributed by atoms with Gasteiger partial charge in [0.15, 0.2) is 0 Å². The van der Waals surface area contributed by atoms with Crippen LogP contribution in [0.5, 0.6) is 0 Å². The van der Waals surface area contributed by atoms with Crippen molar-refractivity contribution in [1.82, 2.24) is 5.32 Å². The lowest BCUT2D eigenvalue weighted by molar-refractivity contribution is 0.514. The molecule has 0 amide bonds. The fraction of sp³-hybridized carbons (Fsp3) is 0.538. The smallest absolute Gasteiger partial charge is 0.00493 e. The number of benzene rings is 1.